The molecule has 0 spiro atoms. The Hall–Kier alpha value is -1.77. The fourth-order valence-corrected chi connectivity index (χ4v) is 4.03. The highest BCUT2D eigenvalue weighted by Gasteiger charge is 2.24. The van der Waals surface area contributed by atoms with Crippen molar-refractivity contribution in [3.63, 3.8) is 0 Å². The topological polar surface area (TPSA) is 78.1 Å². The van der Waals surface area contributed by atoms with E-state index in [0.717, 1.165) is 50.3 Å². The molecule has 0 bridgehead atoms. The first-order valence-electron chi connectivity index (χ1n) is 7.51. The highest BCUT2D eigenvalue weighted by atomic mass is 32.2. The summed E-state index contributed by atoms with van der Waals surface area (Å²) in [6.45, 7) is 2.42. The van der Waals surface area contributed by atoms with Gasteiger partial charge in [0.25, 0.3) is 0 Å². The number of rotatable bonds is 5. The van der Waals surface area contributed by atoms with Gasteiger partial charge in [-0.3, -0.25) is 10.00 Å². The average Bonchev–Trinajstić information content (AvgIpc) is 3.02. The Bertz CT molecular complexity index is 723. The van der Waals surface area contributed by atoms with E-state index in [4.69, 9.17) is 0 Å². The number of halogens is 1. The molecule has 2 heterocycles. The van der Waals surface area contributed by atoms with Crippen LogP contribution in [0.5, 0.6) is 0 Å². The summed E-state index contributed by atoms with van der Waals surface area (Å²) >= 11 is 0. The Morgan fingerprint density at radius 3 is 2.52 bits per heavy atom. The predicted octanol–water partition coefficient (Wildman–Crippen LogP) is 1.49. The number of benzene rings is 1. The molecule has 124 valence electrons. The Balaban J connectivity index is 1.54. The van der Waals surface area contributed by atoms with Gasteiger partial charge in [0.2, 0.25) is 10.0 Å². The van der Waals surface area contributed by atoms with Crippen LogP contribution in [-0.2, 0) is 16.6 Å². The lowest BCUT2D eigenvalue weighted by Crippen LogP contribution is -2.44. The van der Waals surface area contributed by atoms with E-state index in [1.54, 1.807) is 6.20 Å². The number of nitrogens with one attached hydrogen (secondary N) is 2. The number of aromatic nitrogens is 2. The van der Waals surface area contributed by atoms with Gasteiger partial charge < -0.3 is 0 Å². The summed E-state index contributed by atoms with van der Waals surface area (Å²) in [6.07, 6.45) is 3.21. The zero-order chi connectivity index (χ0) is 16.3. The van der Waals surface area contributed by atoms with Crippen LogP contribution in [0.25, 0.3) is 0 Å². The number of H-pyrrole nitrogens is 1. The highest BCUT2D eigenvalue weighted by molar-refractivity contribution is 7.89. The smallest absolute Gasteiger partial charge is 0.240 e. The third-order valence-corrected chi connectivity index (χ3v) is 5.52. The molecule has 6 nitrogen and oxygen atoms in total. The van der Waals surface area contributed by atoms with Gasteiger partial charge in [-0.15, -0.1) is 0 Å². The molecule has 0 atom stereocenters. The van der Waals surface area contributed by atoms with E-state index in [1.165, 1.54) is 12.1 Å². The molecule has 0 saturated carbocycles. The summed E-state index contributed by atoms with van der Waals surface area (Å²) in [6, 6.07) is 6.71. The average molecular weight is 338 g/mol. The van der Waals surface area contributed by atoms with Gasteiger partial charge in [-0.05, 0) is 43.2 Å². The molecule has 1 saturated heterocycles. The number of hydrogen-bond donors (Lipinski definition) is 2. The van der Waals surface area contributed by atoms with E-state index in [0.29, 0.717) is 0 Å². The summed E-state index contributed by atoms with van der Waals surface area (Å²) in [4.78, 5) is 2.36. The SMILES string of the molecule is O=S(=O)(NC1CCN(Cc2ccn[nH]2)CC1)c1ccc(F)cc1. The Morgan fingerprint density at radius 2 is 1.91 bits per heavy atom. The van der Waals surface area contributed by atoms with Crippen LogP contribution in [0.3, 0.4) is 0 Å². The quantitative estimate of drug-likeness (QED) is 0.866. The standard InChI is InChI=1S/C15H19FN4O2S/c16-12-1-3-15(4-2-12)23(21,22)19-13-6-9-20(10-7-13)11-14-5-8-17-18-14/h1-5,8,13,19H,6-7,9-11H2,(H,17,18). The first-order valence-corrected chi connectivity index (χ1v) is 9.00. The second kappa shape index (κ2) is 6.77. The molecule has 23 heavy (non-hydrogen) atoms. The molecule has 0 radical (unpaired) electrons. The summed E-state index contributed by atoms with van der Waals surface area (Å²) in [7, 11) is -3.60. The summed E-state index contributed by atoms with van der Waals surface area (Å²) < 4.78 is 40.2. The van der Waals surface area contributed by atoms with Gasteiger partial charge >= 0.3 is 0 Å². The van der Waals surface area contributed by atoms with Crippen LogP contribution in [0.1, 0.15) is 18.5 Å². The maximum atomic E-state index is 12.9. The van der Waals surface area contributed by atoms with Gasteiger partial charge in [-0.25, -0.2) is 17.5 Å². The van der Waals surface area contributed by atoms with Crippen molar-refractivity contribution in [3.8, 4) is 0 Å². The second-order valence-corrected chi connectivity index (χ2v) is 7.42. The van der Waals surface area contributed by atoms with Crippen LogP contribution in [0, 0.1) is 5.82 Å². The van der Waals surface area contributed by atoms with Crippen LogP contribution in [-0.4, -0.2) is 42.6 Å². The van der Waals surface area contributed by atoms with Gasteiger partial charge in [0.05, 0.1) is 4.90 Å². The summed E-state index contributed by atoms with van der Waals surface area (Å²) in [5.41, 5.74) is 1.05. The monoisotopic (exact) mass is 338 g/mol. The number of aromatic amines is 1. The summed E-state index contributed by atoms with van der Waals surface area (Å²) in [5.74, 6) is -0.448. The van der Waals surface area contributed by atoms with Gasteiger partial charge in [-0.2, -0.15) is 5.10 Å². The molecule has 0 unspecified atom stereocenters. The van der Waals surface area contributed by atoms with Crippen molar-refractivity contribution in [1.29, 1.82) is 0 Å². The van der Waals surface area contributed by atoms with Crippen molar-refractivity contribution in [1.82, 2.24) is 19.8 Å². The molecule has 1 fully saturated rings. The molecule has 0 amide bonds. The second-order valence-electron chi connectivity index (χ2n) is 5.71. The first-order chi connectivity index (χ1) is 11.0. The van der Waals surface area contributed by atoms with Crippen molar-refractivity contribution < 1.29 is 12.8 Å². The lowest BCUT2D eigenvalue weighted by Gasteiger charge is -2.31. The van der Waals surface area contributed by atoms with Crippen molar-refractivity contribution in [2.75, 3.05) is 13.1 Å². The number of nitrogens with zero attached hydrogens (tertiary/aromatic N) is 2. The molecule has 2 aromatic rings. The molecule has 3 rings (SSSR count). The number of piperidine rings is 1. The zero-order valence-corrected chi connectivity index (χ0v) is 13.4. The Morgan fingerprint density at radius 1 is 1.22 bits per heavy atom. The Kier molecular flexibility index (Phi) is 4.74. The van der Waals surface area contributed by atoms with E-state index in [2.05, 4.69) is 19.8 Å². The number of likely N-dealkylation sites (tertiary alicyclic amines) is 1. The molecule has 8 heteroatoms. The molecule has 1 aliphatic heterocycles. The van der Waals surface area contributed by atoms with E-state index in [-0.39, 0.29) is 10.9 Å². The van der Waals surface area contributed by atoms with Crippen LogP contribution in [0.4, 0.5) is 4.39 Å². The van der Waals surface area contributed by atoms with Crippen LogP contribution in [0.15, 0.2) is 41.4 Å². The van der Waals surface area contributed by atoms with E-state index >= 15 is 0 Å². The van der Waals surface area contributed by atoms with Crippen LogP contribution in [0.2, 0.25) is 0 Å². The van der Waals surface area contributed by atoms with Crippen LogP contribution >= 0.6 is 0 Å². The predicted molar refractivity (Wildman–Crippen MR) is 83.6 cm³/mol. The van der Waals surface area contributed by atoms with Gasteiger partial charge in [0.1, 0.15) is 5.82 Å². The number of hydrogen-bond acceptors (Lipinski definition) is 4. The fourth-order valence-electron chi connectivity index (χ4n) is 2.72. The normalized spacial score (nSPS) is 17.4. The molecular weight excluding hydrogens is 319 g/mol. The van der Waals surface area contributed by atoms with E-state index in [1.807, 2.05) is 6.07 Å². The molecule has 2 N–H and O–H groups in total. The molecule has 0 aliphatic carbocycles. The molecule has 1 aromatic carbocycles. The minimum Gasteiger partial charge on any atom is -0.297 e. The lowest BCUT2D eigenvalue weighted by atomic mass is 10.1. The van der Waals surface area contributed by atoms with Gasteiger partial charge in [0.15, 0.2) is 0 Å². The fraction of sp³-hybridized carbons (Fsp3) is 0.400. The molecule has 1 aromatic heterocycles. The van der Waals surface area contributed by atoms with Crippen LogP contribution < -0.4 is 4.72 Å². The zero-order valence-electron chi connectivity index (χ0n) is 12.6. The largest absolute Gasteiger partial charge is 0.297 e. The van der Waals surface area contributed by atoms with Crippen molar-refractivity contribution >= 4 is 10.0 Å². The van der Waals surface area contributed by atoms with Crippen molar-refractivity contribution in [2.45, 2.75) is 30.3 Å². The van der Waals surface area contributed by atoms with Gasteiger partial charge in [-0.1, -0.05) is 0 Å². The van der Waals surface area contributed by atoms with Crippen molar-refractivity contribution in [3.05, 3.63) is 48.0 Å². The minimum absolute atomic E-state index is 0.0944. The summed E-state index contributed by atoms with van der Waals surface area (Å²) in [5, 5.41) is 6.85. The van der Waals surface area contributed by atoms with E-state index in [9.17, 15) is 12.8 Å². The number of sulfonamides is 1. The van der Waals surface area contributed by atoms with Crippen molar-refractivity contribution in [2.24, 2.45) is 0 Å². The third-order valence-electron chi connectivity index (χ3n) is 3.99. The van der Waals surface area contributed by atoms with E-state index < -0.39 is 15.8 Å². The minimum atomic E-state index is -3.60. The maximum Gasteiger partial charge on any atom is 0.240 e. The highest BCUT2D eigenvalue weighted by Crippen LogP contribution is 2.16. The van der Waals surface area contributed by atoms with Gasteiger partial charge in [0, 0.05) is 37.6 Å². The lowest BCUT2D eigenvalue weighted by molar-refractivity contribution is 0.198. The molecular formula is C15H19FN4O2S. The first kappa shape index (κ1) is 16.1. The third kappa shape index (κ3) is 4.15. The maximum absolute atomic E-state index is 12.9. The Labute approximate surface area is 134 Å². The molecule has 1 aliphatic rings.